The van der Waals surface area contributed by atoms with E-state index in [-0.39, 0.29) is 12.5 Å². The maximum absolute atomic E-state index is 11.9. The van der Waals surface area contributed by atoms with Crippen LogP contribution in [0, 0.1) is 0 Å². The fourth-order valence-corrected chi connectivity index (χ4v) is 2.61. The topological polar surface area (TPSA) is 38.8 Å². The van der Waals surface area contributed by atoms with Crippen molar-refractivity contribution in [1.29, 1.82) is 0 Å². The highest BCUT2D eigenvalue weighted by Gasteiger charge is 2.18. The molecule has 0 N–H and O–H groups in total. The second-order valence-corrected chi connectivity index (χ2v) is 5.10. The molecule has 1 aromatic rings. The normalized spacial score (nSPS) is 17.8. The summed E-state index contributed by atoms with van der Waals surface area (Å²) in [5.41, 5.74) is 1.23. The number of carbonyl (C=O) groups excluding carboxylic acids is 1. The lowest BCUT2D eigenvalue weighted by Crippen LogP contribution is -2.32. The Bertz CT molecular complexity index is 466. The fraction of sp³-hybridized carbons (Fsp3) is 0.533. The highest BCUT2D eigenvalue weighted by molar-refractivity contribution is 5.78. The van der Waals surface area contributed by atoms with Gasteiger partial charge in [-0.2, -0.15) is 0 Å². The molecule has 1 amide bonds. The average Bonchev–Trinajstić information content (AvgIpc) is 2.99. The van der Waals surface area contributed by atoms with Gasteiger partial charge in [-0.15, -0.1) is 0 Å². The smallest absolute Gasteiger partial charge is 0.260 e. The van der Waals surface area contributed by atoms with Gasteiger partial charge >= 0.3 is 0 Å². The third-order valence-corrected chi connectivity index (χ3v) is 3.71. The molecule has 2 aliphatic heterocycles. The number of rotatable bonds is 3. The molecule has 0 radical (unpaired) electrons. The number of nitrogens with zero attached hydrogens (tertiary/aromatic N) is 1. The molecular weight excluding hydrogens is 242 g/mol. The monoisotopic (exact) mass is 261 g/mol. The summed E-state index contributed by atoms with van der Waals surface area (Å²) in [5.74, 6) is 1.70. The van der Waals surface area contributed by atoms with Crippen LogP contribution in [-0.2, 0) is 11.2 Å². The number of ether oxygens (including phenoxy) is 2. The maximum Gasteiger partial charge on any atom is 0.260 e. The second-order valence-electron chi connectivity index (χ2n) is 5.10. The van der Waals surface area contributed by atoms with Gasteiger partial charge in [-0.3, -0.25) is 4.79 Å². The van der Waals surface area contributed by atoms with Gasteiger partial charge in [-0.25, -0.2) is 0 Å². The number of fused-ring (bicyclic) bond motifs is 1. The molecule has 0 saturated carbocycles. The minimum absolute atomic E-state index is 0.0798. The molecule has 4 nitrogen and oxygen atoms in total. The van der Waals surface area contributed by atoms with Gasteiger partial charge in [0.25, 0.3) is 5.91 Å². The van der Waals surface area contributed by atoms with Crippen LogP contribution in [0.25, 0.3) is 0 Å². The first-order chi connectivity index (χ1) is 9.33. The van der Waals surface area contributed by atoms with E-state index in [1.54, 1.807) is 0 Å². The molecule has 0 bridgehead atoms. The number of hydrogen-bond acceptors (Lipinski definition) is 3. The lowest BCUT2D eigenvalue weighted by molar-refractivity contribution is -0.132. The summed E-state index contributed by atoms with van der Waals surface area (Å²) >= 11 is 0. The summed E-state index contributed by atoms with van der Waals surface area (Å²) in [6.07, 6.45) is 4.35. The fourth-order valence-electron chi connectivity index (χ4n) is 2.61. The van der Waals surface area contributed by atoms with Crippen LogP contribution in [0.1, 0.15) is 24.8 Å². The standard InChI is InChI=1S/C15H19NO3/c17-15(16-7-1-2-8-16)11-19-13-6-5-12-4-3-9-18-14(12)10-13/h5-6,10H,1-4,7-9,11H2. The Hall–Kier alpha value is -1.71. The van der Waals surface area contributed by atoms with Crippen molar-refractivity contribution in [1.82, 2.24) is 4.90 Å². The van der Waals surface area contributed by atoms with E-state index in [1.165, 1.54) is 5.56 Å². The average molecular weight is 261 g/mol. The van der Waals surface area contributed by atoms with E-state index in [0.717, 1.165) is 51.1 Å². The molecule has 4 heteroatoms. The van der Waals surface area contributed by atoms with Crippen molar-refractivity contribution in [3.05, 3.63) is 23.8 Å². The molecule has 3 rings (SSSR count). The van der Waals surface area contributed by atoms with Crippen LogP contribution in [-0.4, -0.2) is 37.1 Å². The van der Waals surface area contributed by atoms with E-state index < -0.39 is 0 Å². The first-order valence-electron chi connectivity index (χ1n) is 6.99. The van der Waals surface area contributed by atoms with Gasteiger partial charge in [0, 0.05) is 19.2 Å². The predicted molar refractivity (Wildman–Crippen MR) is 71.6 cm³/mol. The molecule has 0 unspecified atom stereocenters. The first-order valence-corrected chi connectivity index (χ1v) is 6.99. The summed E-state index contributed by atoms with van der Waals surface area (Å²) in [6, 6.07) is 5.85. The number of amides is 1. The maximum atomic E-state index is 11.9. The third kappa shape index (κ3) is 2.83. The van der Waals surface area contributed by atoms with E-state index >= 15 is 0 Å². The van der Waals surface area contributed by atoms with Gasteiger partial charge in [-0.1, -0.05) is 6.07 Å². The van der Waals surface area contributed by atoms with Crippen LogP contribution < -0.4 is 9.47 Å². The van der Waals surface area contributed by atoms with E-state index in [0.29, 0.717) is 5.75 Å². The molecule has 2 heterocycles. The Morgan fingerprint density at radius 2 is 2.11 bits per heavy atom. The van der Waals surface area contributed by atoms with Gasteiger partial charge in [0.15, 0.2) is 6.61 Å². The lowest BCUT2D eigenvalue weighted by atomic mass is 10.1. The van der Waals surface area contributed by atoms with E-state index in [9.17, 15) is 4.79 Å². The van der Waals surface area contributed by atoms with Gasteiger partial charge in [-0.05, 0) is 37.3 Å². The van der Waals surface area contributed by atoms with Crippen molar-refractivity contribution in [3.63, 3.8) is 0 Å². The van der Waals surface area contributed by atoms with Crippen LogP contribution in [0.5, 0.6) is 11.5 Å². The van der Waals surface area contributed by atoms with Crippen molar-refractivity contribution in [2.45, 2.75) is 25.7 Å². The molecule has 102 valence electrons. The van der Waals surface area contributed by atoms with Crippen LogP contribution in [0.3, 0.4) is 0 Å². The Labute approximate surface area is 113 Å². The number of benzene rings is 1. The first kappa shape index (κ1) is 12.3. The molecule has 0 aromatic heterocycles. The van der Waals surface area contributed by atoms with E-state index in [2.05, 4.69) is 0 Å². The van der Waals surface area contributed by atoms with Crippen molar-refractivity contribution in [3.8, 4) is 11.5 Å². The molecule has 0 atom stereocenters. The summed E-state index contributed by atoms with van der Waals surface area (Å²) in [7, 11) is 0. The highest BCUT2D eigenvalue weighted by atomic mass is 16.5. The Balaban J connectivity index is 1.59. The number of aryl methyl sites for hydroxylation is 1. The zero-order valence-corrected chi connectivity index (χ0v) is 11.1. The molecule has 1 saturated heterocycles. The zero-order valence-electron chi connectivity index (χ0n) is 11.1. The summed E-state index contributed by atoms with van der Waals surface area (Å²) < 4.78 is 11.2. The minimum Gasteiger partial charge on any atom is -0.493 e. The molecule has 0 aliphatic carbocycles. The quantitative estimate of drug-likeness (QED) is 0.835. The van der Waals surface area contributed by atoms with E-state index in [1.807, 2.05) is 23.1 Å². The Morgan fingerprint density at radius 1 is 1.26 bits per heavy atom. The molecule has 1 fully saturated rings. The number of hydrogen-bond donors (Lipinski definition) is 0. The number of carbonyl (C=O) groups is 1. The van der Waals surface area contributed by atoms with Crippen molar-refractivity contribution in [2.24, 2.45) is 0 Å². The molecule has 1 aromatic carbocycles. The number of likely N-dealkylation sites (tertiary alicyclic amines) is 1. The lowest BCUT2D eigenvalue weighted by Gasteiger charge is -2.19. The molecular formula is C15H19NO3. The van der Waals surface area contributed by atoms with Gasteiger partial charge in [0.05, 0.1) is 6.61 Å². The predicted octanol–water partition coefficient (Wildman–Crippen LogP) is 2.01. The van der Waals surface area contributed by atoms with Crippen LogP contribution >= 0.6 is 0 Å². The minimum atomic E-state index is 0.0798. The van der Waals surface area contributed by atoms with Gasteiger partial charge in [0.1, 0.15) is 11.5 Å². The zero-order chi connectivity index (χ0) is 13.1. The van der Waals surface area contributed by atoms with Crippen molar-refractivity contribution < 1.29 is 14.3 Å². The van der Waals surface area contributed by atoms with Crippen LogP contribution in [0.2, 0.25) is 0 Å². The molecule has 19 heavy (non-hydrogen) atoms. The largest absolute Gasteiger partial charge is 0.493 e. The van der Waals surface area contributed by atoms with Crippen LogP contribution in [0.4, 0.5) is 0 Å². The summed E-state index contributed by atoms with van der Waals surface area (Å²) in [6.45, 7) is 2.63. The third-order valence-electron chi connectivity index (χ3n) is 3.71. The highest BCUT2D eigenvalue weighted by Crippen LogP contribution is 2.29. The summed E-state index contributed by atoms with van der Waals surface area (Å²) in [4.78, 5) is 13.7. The van der Waals surface area contributed by atoms with Crippen molar-refractivity contribution in [2.75, 3.05) is 26.3 Å². The molecule has 0 spiro atoms. The Morgan fingerprint density at radius 3 is 2.95 bits per heavy atom. The second kappa shape index (κ2) is 5.51. The van der Waals surface area contributed by atoms with Gasteiger partial charge in [0.2, 0.25) is 0 Å². The molecule has 2 aliphatic rings. The SMILES string of the molecule is O=C(COc1ccc2c(c1)OCCC2)N1CCCC1. The summed E-state index contributed by atoms with van der Waals surface area (Å²) in [5, 5.41) is 0. The van der Waals surface area contributed by atoms with Crippen molar-refractivity contribution >= 4 is 5.91 Å². The van der Waals surface area contributed by atoms with Crippen LogP contribution in [0.15, 0.2) is 18.2 Å². The Kier molecular flexibility index (Phi) is 3.58. The van der Waals surface area contributed by atoms with E-state index in [4.69, 9.17) is 9.47 Å². The van der Waals surface area contributed by atoms with Gasteiger partial charge < -0.3 is 14.4 Å².